The maximum absolute atomic E-state index is 6.23. The first kappa shape index (κ1) is 14.3. The van der Waals surface area contributed by atoms with Gasteiger partial charge in [0.15, 0.2) is 5.82 Å². The van der Waals surface area contributed by atoms with Crippen molar-refractivity contribution in [2.75, 3.05) is 23.7 Å². The van der Waals surface area contributed by atoms with Gasteiger partial charge >= 0.3 is 0 Å². The van der Waals surface area contributed by atoms with Crippen LogP contribution in [-0.4, -0.2) is 27.6 Å². The van der Waals surface area contributed by atoms with Crippen LogP contribution in [0.15, 0.2) is 24.3 Å². The number of hydrogen-bond acceptors (Lipinski definition) is 4. The van der Waals surface area contributed by atoms with Crippen LogP contribution < -0.4 is 10.6 Å². The van der Waals surface area contributed by atoms with Gasteiger partial charge < -0.3 is 15.2 Å². The first-order valence-electron chi connectivity index (χ1n) is 8.44. The predicted molar refractivity (Wildman–Crippen MR) is 95.7 cm³/mol. The van der Waals surface area contributed by atoms with Gasteiger partial charge in [0.05, 0.1) is 11.0 Å². The van der Waals surface area contributed by atoms with Crippen molar-refractivity contribution in [1.82, 2.24) is 14.5 Å². The summed E-state index contributed by atoms with van der Waals surface area (Å²) >= 11 is 0. The highest BCUT2D eigenvalue weighted by atomic mass is 15.3. The summed E-state index contributed by atoms with van der Waals surface area (Å²) in [6, 6.07) is 8.21. The van der Waals surface area contributed by atoms with E-state index in [1.807, 2.05) is 12.1 Å². The molecule has 0 unspecified atom stereocenters. The minimum absolute atomic E-state index is 0.529. The highest BCUT2D eigenvalue weighted by Crippen LogP contribution is 2.33. The summed E-state index contributed by atoms with van der Waals surface area (Å²) in [5.41, 5.74) is 9.14. The van der Waals surface area contributed by atoms with Gasteiger partial charge in [-0.15, -0.1) is 0 Å². The van der Waals surface area contributed by atoms with Crippen LogP contribution >= 0.6 is 0 Å². The van der Waals surface area contributed by atoms with Crippen molar-refractivity contribution >= 4 is 33.7 Å². The Labute approximate surface area is 136 Å². The van der Waals surface area contributed by atoms with Crippen molar-refractivity contribution in [3.8, 4) is 0 Å². The lowest BCUT2D eigenvalue weighted by atomic mass is 10.1. The predicted octanol–water partition coefficient (Wildman–Crippen LogP) is 3.42. The van der Waals surface area contributed by atoms with E-state index < -0.39 is 0 Å². The second-order valence-corrected chi connectivity index (χ2v) is 6.82. The van der Waals surface area contributed by atoms with Crippen molar-refractivity contribution in [3.05, 3.63) is 24.3 Å². The van der Waals surface area contributed by atoms with Gasteiger partial charge in [0.2, 0.25) is 5.95 Å². The van der Waals surface area contributed by atoms with Gasteiger partial charge in [0.25, 0.3) is 0 Å². The third-order valence-corrected chi connectivity index (χ3v) is 4.53. The van der Waals surface area contributed by atoms with Gasteiger partial charge in [-0.3, -0.25) is 0 Å². The van der Waals surface area contributed by atoms with Crippen LogP contribution in [-0.2, 0) is 6.54 Å². The molecule has 3 aromatic rings. The molecule has 2 N–H and O–H groups in total. The van der Waals surface area contributed by atoms with Crippen LogP contribution in [0.4, 0.5) is 11.8 Å². The van der Waals surface area contributed by atoms with Crippen LogP contribution in [0.5, 0.6) is 0 Å². The largest absolute Gasteiger partial charge is 0.382 e. The lowest BCUT2D eigenvalue weighted by Crippen LogP contribution is -2.23. The topological polar surface area (TPSA) is 60.0 Å². The average Bonchev–Trinajstić information content (AvgIpc) is 3.15. The fourth-order valence-electron chi connectivity index (χ4n) is 3.54. The summed E-state index contributed by atoms with van der Waals surface area (Å²) in [6.07, 6.45) is 2.47. The molecule has 1 fully saturated rings. The van der Waals surface area contributed by atoms with Gasteiger partial charge in [0.1, 0.15) is 5.52 Å². The Bertz CT molecular complexity index is 859. The molecule has 1 saturated heterocycles. The molecule has 3 heterocycles. The van der Waals surface area contributed by atoms with E-state index in [0.717, 1.165) is 47.5 Å². The van der Waals surface area contributed by atoms with Crippen molar-refractivity contribution in [3.63, 3.8) is 0 Å². The van der Waals surface area contributed by atoms with E-state index in [4.69, 9.17) is 10.7 Å². The number of nitrogen functional groups attached to an aromatic ring is 1. The molecular formula is C18H23N5. The lowest BCUT2D eigenvalue weighted by molar-refractivity contribution is 0.531. The molecule has 4 rings (SSSR count). The Balaban J connectivity index is 2.05. The van der Waals surface area contributed by atoms with Crippen LogP contribution in [0.2, 0.25) is 0 Å². The molecule has 0 bridgehead atoms. The summed E-state index contributed by atoms with van der Waals surface area (Å²) in [5.74, 6) is 2.12. The monoisotopic (exact) mass is 309 g/mol. The zero-order valence-electron chi connectivity index (χ0n) is 13.8. The molecule has 23 heavy (non-hydrogen) atoms. The van der Waals surface area contributed by atoms with E-state index in [-0.39, 0.29) is 0 Å². The third-order valence-electron chi connectivity index (χ3n) is 4.53. The van der Waals surface area contributed by atoms with Crippen molar-refractivity contribution in [2.45, 2.75) is 33.2 Å². The maximum atomic E-state index is 6.23. The Hall–Kier alpha value is -2.30. The Kier molecular flexibility index (Phi) is 3.36. The second kappa shape index (κ2) is 5.41. The molecule has 0 spiro atoms. The molecule has 1 aliphatic rings. The first-order valence-corrected chi connectivity index (χ1v) is 8.44. The summed E-state index contributed by atoms with van der Waals surface area (Å²) < 4.78 is 2.35. The van der Waals surface area contributed by atoms with E-state index >= 15 is 0 Å². The zero-order valence-corrected chi connectivity index (χ0v) is 13.8. The second-order valence-electron chi connectivity index (χ2n) is 6.82. The molecule has 1 aromatic carbocycles. The van der Waals surface area contributed by atoms with Crippen molar-refractivity contribution in [2.24, 2.45) is 5.92 Å². The van der Waals surface area contributed by atoms with E-state index in [2.05, 4.69) is 40.4 Å². The lowest BCUT2D eigenvalue weighted by Gasteiger charge is -2.20. The van der Waals surface area contributed by atoms with Gasteiger partial charge in [-0.1, -0.05) is 32.0 Å². The number of rotatable bonds is 3. The summed E-state index contributed by atoms with van der Waals surface area (Å²) in [4.78, 5) is 11.8. The highest BCUT2D eigenvalue weighted by Gasteiger charge is 2.23. The molecule has 0 saturated carbocycles. The van der Waals surface area contributed by atoms with Crippen LogP contribution in [0.25, 0.3) is 21.9 Å². The minimum Gasteiger partial charge on any atom is -0.382 e. The summed E-state index contributed by atoms with van der Waals surface area (Å²) in [7, 11) is 0. The quantitative estimate of drug-likeness (QED) is 0.805. The molecule has 0 atom stereocenters. The van der Waals surface area contributed by atoms with Gasteiger partial charge in [-0.05, 0) is 24.8 Å². The Morgan fingerprint density at radius 2 is 1.87 bits per heavy atom. The molecule has 0 radical (unpaired) electrons. The molecule has 5 heteroatoms. The summed E-state index contributed by atoms with van der Waals surface area (Å²) in [5, 5.41) is 1.13. The third kappa shape index (κ3) is 2.31. The number of para-hydroxylation sites is 1. The number of hydrogen-bond donors (Lipinski definition) is 1. The first-order chi connectivity index (χ1) is 11.1. The highest BCUT2D eigenvalue weighted by molar-refractivity contribution is 6.07. The van der Waals surface area contributed by atoms with Crippen molar-refractivity contribution in [1.29, 1.82) is 0 Å². The molecular weight excluding hydrogens is 286 g/mol. The molecule has 0 aliphatic carbocycles. The van der Waals surface area contributed by atoms with Crippen LogP contribution in [0, 0.1) is 5.92 Å². The Morgan fingerprint density at radius 1 is 1.13 bits per heavy atom. The molecule has 120 valence electrons. The fourth-order valence-corrected chi connectivity index (χ4v) is 3.54. The van der Waals surface area contributed by atoms with Gasteiger partial charge in [-0.25, -0.2) is 9.97 Å². The molecule has 1 aliphatic heterocycles. The number of imidazole rings is 1. The maximum Gasteiger partial charge on any atom is 0.206 e. The number of fused-ring (bicyclic) bond motifs is 3. The van der Waals surface area contributed by atoms with E-state index in [1.165, 1.54) is 12.8 Å². The van der Waals surface area contributed by atoms with Crippen LogP contribution in [0.1, 0.15) is 26.7 Å². The van der Waals surface area contributed by atoms with E-state index in [0.29, 0.717) is 11.7 Å². The zero-order chi connectivity index (χ0) is 16.0. The molecule has 0 amide bonds. The van der Waals surface area contributed by atoms with Crippen molar-refractivity contribution < 1.29 is 0 Å². The van der Waals surface area contributed by atoms with Gasteiger partial charge in [-0.2, -0.15) is 0 Å². The number of nitrogens with zero attached hydrogens (tertiary/aromatic N) is 4. The Morgan fingerprint density at radius 3 is 2.61 bits per heavy atom. The SMILES string of the molecule is CC(C)Cn1c(N2CCCC2)nc2c(N)nc3ccccc3c21. The standard InChI is InChI=1S/C18H23N5/c1-12(2)11-23-16-13-7-3-4-8-14(13)20-17(19)15(16)21-18(23)22-9-5-6-10-22/h3-4,7-8,12H,5-6,9-11H2,1-2H3,(H2,19,20). The van der Waals surface area contributed by atoms with E-state index in [9.17, 15) is 0 Å². The number of aromatic nitrogens is 3. The average molecular weight is 309 g/mol. The number of nitrogens with two attached hydrogens (primary N) is 1. The molecule has 5 nitrogen and oxygen atoms in total. The number of benzene rings is 1. The van der Waals surface area contributed by atoms with Crippen LogP contribution in [0.3, 0.4) is 0 Å². The number of anilines is 2. The normalized spacial score (nSPS) is 15.3. The van der Waals surface area contributed by atoms with E-state index in [1.54, 1.807) is 0 Å². The van der Waals surface area contributed by atoms with Gasteiger partial charge in [0, 0.05) is 25.0 Å². The smallest absolute Gasteiger partial charge is 0.206 e. The summed E-state index contributed by atoms with van der Waals surface area (Å²) in [6.45, 7) is 7.58. The fraction of sp³-hybridized carbons (Fsp3) is 0.444. The number of pyridine rings is 1. The molecule has 2 aromatic heterocycles. The minimum atomic E-state index is 0.529.